The summed E-state index contributed by atoms with van der Waals surface area (Å²) >= 11 is 1.47. The first-order chi connectivity index (χ1) is 17.2. The summed E-state index contributed by atoms with van der Waals surface area (Å²) in [5, 5.41) is 15.7. The van der Waals surface area contributed by atoms with E-state index in [1.807, 2.05) is 36.4 Å². The minimum atomic E-state index is -0.0882. The van der Waals surface area contributed by atoms with Gasteiger partial charge < -0.3 is 19.2 Å². The number of hydrogen-bond donors (Lipinski definition) is 1. The molecule has 0 radical (unpaired) electrons. The number of rotatable bonds is 6. The molecule has 1 fully saturated rings. The number of benzene rings is 2. The zero-order chi connectivity index (χ0) is 23.8. The lowest BCUT2D eigenvalue weighted by Crippen LogP contribution is -2.47. The van der Waals surface area contributed by atoms with Crippen molar-refractivity contribution in [1.29, 1.82) is 0 Å². The molecule has 8 nitrogen and oxygen atoms in total. The van der Waals surface area contributed by atoms with Gasteiger partial charge in [0.2, 0.25) is 16.7 Å². The lowest BCUT2D eigenvalue weighted by molar-refractivity contribution is 0.211. The Morgan fingerprint density at radius 3 is 2.40 bits per heavy atom. The van der Waals surface area contributed by atoms with E-state index >= 15 is 0 Å². The predicted octanol–water partition coefficient (Wildman–Crippen LogP) is 4.68. The predicted molar refractivity (Wildman–Crippen MR) is 135 cm³/mol. The molecule has 2 aromatic carbocycles. The highest BCUT2D eigenvalue weighted by Gasteiger charge is 2.32. The van der Waals surface area contributed by atoms with Crippen LogP contribution in [0.2, 0.25) is 0 Å². The molecule has 3 aromatic heterocycles. The molecule has 6 rings (SSSR count). The minimum absolute atomic E-state index is 0.0882. The average molecular weight is 488 g/mol. The Balaban J connectivity index is 1.29. The highest BCUT2D eigenvalue weighted by molar-refractivity contribution is 7.17. The zero-order valence-corrected chi connectivity index (χ0v) is 20.1. The van der Waals surface area contributed by atoms with E-state index in [1.165, 1.54) is 21.5 Å². The fraction of sp³-hybridized carbons (Fsp3) is 0.231. The van der Waals surface area contributed by atoms with Crippen molar-refractivity contribution in [2.75, 3.05) is 38.2 Å². The molecular formula is C26H25N5O3S. The van der Waals surface area contributed by atoms with Gasteiger partial charge in [0.15, 0.2) is 5.76 Å². The molecule has 5 aromatic rings. The second-order valence-electron chi connectivity index (χ2n) is 8.43. The smallest absolute Gasteiger partial charge is 0.230 e. The maximum atomic E-state index is 11.2. The zero-order valence-electron chi connectivity index (χ0n) is 19.2. The van der Waals surface area contributed by atoms with Gasteiger partial charge >= 0.3 is 0 Å². The first kappa shape index (κ1) is 21.7. The summed E-state index contributed by atoms with van der Waals surface area (Å²) in [4.78, 5) is 10.9. The molecule has 1 aliphatic heterocycles. The fourth-order valence-corrected chi connectivity index (χ4v) is 5.75. The van der Waals surface area contributed by atoms with Crippen molar-refractivity contribution >= 4 is 22.0 Å². The maximum absolute atomic E-state index is 11.2. The van der Waals surface area contributed by atoms with Gasteiger partial charge in [-0.3, -0.25) is 4.90 Å². The largest absolute Gasteiger partial charge is 0.497 e. The first-order valence-corrected chi connectivity index (χ1v) is 12.3. The van der Waals surface area contributed by atoms with Gasteiger partial charge in [-0.25, -0.2) is 0 Å². The highest BCUT2D eigenvalue weighted by atomic mass is 32.1. The van der Waals surface area contributed by atoms with Crippen molar-refractivity contribution in [3.05, 3.63) is 83.4 Å². The molecule has 0 bridgehead atoms. The van der Waals surface area contributed by atoms with Crippen LogP contribution in [0.25, 0.3) is 16.5 Å². The van der Waals surface area contributed by atoms with Gasteiger partial charge in [-0.1, -0.05) is 41.7 Å². The third-order valence-electron chi connectivity index (χ3n) is 6.42. The number of furan rings is 1. The Labute approximate surface area is 206 Å². The quantitative estimate of drug-likeness (QED) is 0.373. The minimum Gasteiger partial charge on any atom is -0.497 e. The molecule has 1 saturated heterocycles. The Bertz CT molecular complexity index is 1410. The van der Waals surface area contributed by atoms with Gasteiger partial charge in [0.05, 0.1) is 24.3 Å². The van der Waals surface area contributed by atoms with Crippen molar-refractivity contribution in [3.8, 4) is 23.2 Å². The highest BCUT2D eigenvalue weighted by Crippen LogP contribution is 2.41. The third kappa shape index (κ3) is 4.02. The van der Waals surface area contributed by atoms with E-state index in [4.69, 9.17) is 9.15 Å². The van der Waals surface area contributed by atoms with Gasteiger partial charge in [0.25, 0.3) is 0 Å². The average Bonchev–Trinajstić information content (AvgIpc) is 3.65. The molecular weight excluding hydrogens is 462 g/mol. The van der Waals surface area contributed by atoms with Gasteiger partial charge in [-0.05, 0) is 42.0 Å². The van der Waals surface area contributed by atoms with Crippen LogP contribution in [0.3, 0.4) is 0 Å². The number of hydrogen-bond acceptors (Lipinski definition) is 8. The molecule has 1 unspecified atom stereocenters. The van der Waals surface area contributed by atoms with Gasteiger partial charge in [-0.2, -0.15) is 9.50 Å². The summed E-state index contributed by atoms with van der Waals surface area (Å²) in [5.74, 6) is 2.03. The number of nitrogens with zero attached hydrogens (tertiary/aromatic N) is 5. The number of aromatic hydroxyl groups is 1. The van der Waals surface area contributed by atoms with E-state index < -0.39 is 0 Å². The number of anilines is 1. The molecule has 0 saturated carbocycles. The van der Waals surface area contributed by atoms with Crippen LogP contribution in [0.15, 0.2) is 77.4 Å². The van der Waals surface area contributed by atoms with Crippen LogP contribution in [0.1, 0.15) is 16.5 Å². The molecule has 1 aliphatic rings. The maximum Gasteiger partial charge on any atom is 0.230 e. The van der Waals surface area contributed by atoms with Crippen LogP contribution >= 0.6 is 11.3 Å². The Morgan fingerprint density at radius 1 is 0.971 bits per heavy atom. The topological polar surface area (TPSA) is 79.3 Å². The Kier molecular flexibility index (Phi) is 5.63. The molecule has 178 valence electrons. The number of ether oxygens (including phenoxy) is 1. The fourth-order valence-electron chi connectivity index (χ4n) is 4.63. The van der Waals surface area contributed by atoms with E-state index in [0.29, 0.717) is 16.5 Å². The van der Waals surface area contributed by atoms with Crippen LogP contribution in [0.4, 0.5) is 5.69 Å². The van der Waals surface area contributed by atoms with Crippen molar-refractivity contribution in [3.63, 3.8) is 0 Å². The number of methoxy groups -OCH3 is 1. The van der Waals surface area contributed by atoms with E-state index in [0.717, 1.165) is 42.4 Å². The van der Waals surface area contributed by atoms with Crippen LogP contribution in [-0.2, 0) is 0 Å². The molecule has 1 atom stereocenters. The van der Waals surface area contributed by atoms with E-state index in [1.54, 1.807) is 19.4 Å². The van der Waals surface area contributed by atoms with Crippen LogP contribution in [0.5, 0.6) is 11.6 Å². The summed E-state index contributed by atoms with van der Waals surface area (Å²) in [6.07, 6.45) is 1.59. The first-order valence-electron chi connectivity index (χ1n) is 11.5. The molecule has 0 aliphatic carbocycles. The van der Waals surface area contributed by atoms with Crippen molar-refractivity contribution in [2.45, 2.75) is 6.04 Å². The number of piperazine rings is 1. The lowest BCUT2D eigenvalue weighted by atomic mass is 10.0. The van der Waals surface area contributed by atoms with Crippen molar-refractivity contribution < 1.29 is 14.3 Å². The van der Waals surface area contributed by atoms with Gasteiger partial charge in [0, 0.05) is 31.9 Å². The molecule has 0 amide bonds. The summed E-state index contributed by atoms with van der Waals surface area (Å²) in [7, 11) is 1.68. The molecule has 35 heavy (non-hydrogen) atoms. The molecule has 0 spiro atoms. The second kappa shape index (κ2) is 9.09. The van der Waals surface area contributed by atoms with Crippen LogP contribution in [-0.4, -0.2) is 57.9 Å². The van der Waals surface area contributed by atoms with Crippen LogP contribution < -0.4 is 9.64 Å². The standard InChI is InChI=1S/C26H25N5O3S/c1-33-20-11-9-19(10-12-20)29-13-15-30(16-14-29)22(18-6-3-2-4-7-18)23-25(32)31-26(35-23)27-24(28-31)21-8-5-17-34-21/h2-12,17,22,32H,13-16H2,1H3. The van der Waals surface area contributed by atoms with E-state index in [9.17, 15) is 5.11 Å². The number of aromatic nitrogens is 3. The normalized spacial score (nSPS) is 15.5. The third-order valence-corrected chi connectivity index (χ3v) is 7.49. The summed E-state index contributed by atoms with van der Waals surface area (Å²) in [5.41, 5.74) is 2.32. The Morgan fingerprint density at radius 2 is 1.74 bits per heavy atom. The number of thiazole rings is 1. The molecule has 9 heteroatoms. The second-order valence-corrected chi connectivity index (χ2v) is 9.44. The lowest BCUT2D eigenvalue weighted by Gasteiger charge is -2.40. The monoisotopic (exact) mass is 487 g/mol. The summed E-state index contributed by atoms with van der Waals surface area (Å²) in [6.45, 7) is 3.49. The van der Waals surface area contributed by atoms with Crippen molar-refractivity contribution in [2.24, 2.45) is 0 Å². The van der Waals surface area contributed by atoms with Gasteiger partial charge in [-0.15, -0.1) is 5.10 Å². The molecule has 4 heterocycles. The Hall–Kier alpha value is -3.82. The summed E-state index contributed by atoms with van der Waals surface area (Å²) in [6, 6.07) is 22.0. The van der Waals surface area contributed by atoms with Gasteiger partial charge in [0.1, 0.15) is 5.75 Å². The van der Waals surface area contributed by atoms with Crippen molar-refractivity contribution in [1.82, 2.24) is 19.5 Å². The number of fused-ring (bicyclic) bond motifs is 1. The summed E-state index contributed by atoms with van der Waals surface area (Å²) < 4.78 is 12.2. The van der Waals surface area contributed by atoms with Crippen LogP contribution in [0, 0.1) is 0 Å². The molecule has 1 N–H and O–H groups in total. The van der Waals surface area contributed by atoms with E-state index in [-0.39, 0.29) is 11.9 Å². The van der Waals surface area contributed by atoms with E-state index in [2.05, 4.69) is 44.1 Å². The SMILES string of the molecule is COc1ccc(N2CCN(C(c3ccccc3)c3sc4nc(-c5ccco5)nn4c3O)CC2)cc1.